The van der Waals surface area contributed by atoms with E-state index in [1.807, 2.05) is 0 Å². The van der Waals surface area contributed by atoms with Crippen molar-refractivity contribution in [3.05, 3.63) is 12.2 Å². The molecule has 5 heteroatoms. The molecule has 84 valence electrons. The summed E-state index contributed by atoms with van der Waals surface area (Å²) in [5, 5.41) is 8.79. The zero-order valence-corrected chi connectivity index (χ0v) is 8.68. The summed E-state index contributed by atoms with van der Waals surface area (Å²) in [6.45, 7) is 1.04. The Morgan fingerprint density at radius 2 is 2.27 bits per heavy atom. The number of nitrogens with zero attached hydrogens (tertiary/aromatic N) is 1. The first-order valence-electron chi connectivity index (χ1n) is 4.87. The summed E-state index contributed by atoms with van der Waals surface area (Å²) in [4.78, 5) is 22.9. The topological polar surface area (TPSA) is 66.8 Å². The second kappa shape index (κ2) is 5.38. The van der Waals surface area contributed by atoms with Gasteiger partial charge in [-0.05, 0) is 18.8 Å². The van der Waals surface area contributed by atoms with Crippen LogP contribution in [0.25, 0.3) is 0 Å². The standard InChI is InChI=1S/C10H15NO4/c1-15-9(12)5-4-8-3-2-6-11(7-8)10(13)14/h4-5,8H,2-3,6-7H2,1H3,(H,13,14)/t8-/m1/s1. The second-order valence-electron chi connectivity index (χ2n) is 3.51. The van der Waals surface area contributed by atoms with Crippen molar-refractivity contribution >= 4 is 12.1 Å². The van der Waals surface area contributed by atoms with Crippen LogP contribution in [0.4, 0.5) is 4.79 Å². The highest BCUT2D eigenvalue weighted by atomic mass is 16.5. The van der Waals surface area contributed by atoms with E-state index in [0.29, 0.717) is 13.1 Å². The maximum atomic E-state index is 10.8. The number of amides is 1. The number of ether oxygens (including phenoxy) is 1. The van der Waals surface area contributed by atoms with Gasteiger partial charge in [0, 0.05) is 19.2 Å². The molecule has 1 N–H and O–H groups in total. The van der Waals surface area contributed by atoms with Crippen molar-refractivity contribution in [2.75, 3.05) is 20.2 Å². The smallest absolute Gasteiger partial charge is 0.407 e. The van der Waals surface area contributed by atoms with Gasteiger partial charge >= 0.3 is 12.1 Å². The van der Waals surface area contributed by atoms with Crippen molar-refractivity contribution in [1.82, 2.24) is 4.90 Å². The second-order valence-corrected chi connectivity index (χ2v) is 3.51. The van der Waals surface area contributed by atoms with E-state index in [9.17, 15) is 9.59 Å². The average Bonchev–Trinajstić information content (AvgIpc) is 2.26. The molecule has 5 nitrogen and oxygen atoms in total. The van der Waals surface area contributed by atoms with Crippen LogP contribution < -0.4 is 0 Å². The lowest BCUT2D eigenvalue weighted by molar-refractivity contribution is -0.134. The Kier molecular flexibility index (Phi) is 4.15. The molecule has 1 heterocycles. The van der Waals surface area contributed by atoms with Gasteiger partial charge in [-0.25, -0.2) is 9.59 Å². The molecule has 1 atom stereocenters. The first-order valence-corrected chi connectivity index (χ1v) is 4.87. The molecule has 15 heavy (non-hydrogen) atoms. The summed E-state index contributed by atoms with van der Waals surface area (Å²) in [7, 11) is 1.32. The average molecular weight is 213 g/mol. The van der Waals surface area contributed by atoms with Crippen LogP contribution in [-0.4, -0.2) is 42.3 Å². The third-order valence-electron chi connectivity index (χ3n) is 2.43. The molecular formula is C10H15NO4. The molecule has 1 rings (SSSR count). The largest absolute Gasteiger partial charge is 0.466 e. The third-order valence-corrected chi connectivity index (χ3v) is 2.43. The lowest BCUT2D eigenvalue weighted by Crippen LogP contribution is -2.38. The lowest BCUT2D eigenvalue weighted by atomic mass is 9.98. The molecule has 0 radical (unpaired) electrons. The predicted molar refractivity (Wildman–Crippen MR) is 53.5 cm³/mol. The molecule has 1 amide bonds. The van der Waals surface area contributed by atoms with E-state index in [4.69, 9.17) is 5.11 Å². The molecule has 0 saturated carbocycles. The summed E-state index contributed by atoms with van der Waals surface area (Å²) >= 11 is 0. The molecule has 0 aromatic carbocycles. The molecule has 0 bridgehead atoms. The van der Waals surface area contributed by atoms with E-state index in [1.165, 1.54) is 18.1 Å². The SMILES string of the molecule is COC(=O)C=C[C@H]1CCCN(C(=O)O)C1. The summed E-state index contributed by atoms with van der Waals surface area (Å²) in [5.74, 6) is -0.281. The van der Waals surface area contributed by atoms with Crippen LogP contribution >= 0.6 is 0 Å². The van der Waals surface area contributed by atoms with Gasteiger partial charge in [0.2, 0.25) is 0 Å². The fraction of sp³-hybridized carbons (Fsp3) is 0.600. The van der Waals surface area contributed by atoms with Gasteiger partial charge in [-0.2, -0.15) is 0 Å². The van der Waals surface area contributed by atoms with E-state index in [1.54, 1.807) is 6.08 Å². The quantitative estimate of drug-likeness (QED) is 0.551. The summed E-state index contributed by atoms with van der Waals surface area (Å²) in [6.07, 6.45) is 3.93. The van der Waals surface area contributed by atoms with E-state index in [2.05, 4.69) is 4.74 Å². The molecule has 1 fully saturated rings. The van der Waals surface area contributed by atoms with Crippen LogP contribution in [0.2, 0.25) is 0 Å². The highest BCUT2D eigenvalue weighted by molar-refractivity contribution is 5.81. The molecule has 0 aromatic heterocycles. The maximum absolute atomic E-state index is 10.8. The minimum absolute atomic E-state index is 0.119. The maximum Gasteiger partial charge on any atom is 0.407 e. The van der Waals surface area contributed by atoms with Crippen molar-refractivity contribution in [2.24, 2.45) is 5.92 Å². The van der Waals surface area contributed by atoms with E-state index in [0.717, 1.165) is 12.8 Å². The third kappa shape index (κ3) is 3.61. The van der Waals surface area contributed by atoms with Crippen LogP contribution in [0.1, 0.15) is 12.8 Å². The minimum Gasteiger partial charge on any atom is -0.466 e. The Hall–Kier alpha value is -1.52. The predicted octanol–water partition coefficient (Wildman–Crippen LogP) is 1.11. The summed E-state index contributed by atoms with van der Waals surface area (Å²) < 4.78 is 4.46. The Labute approximate surface area is 88.3 Å². The van der Waals surface area contributed by atoms with Crippen LogP contribution in [0.15, 0.2) is 12.2 Å². The molecule has 0 aromatic rings. The Bertz CT molecular complexity index is 275. The number of rotatable bonds is 2. The Morgan fingerprint density at radius 1 is 1.53 bits per heavy atom. The number of carbonyl (C=O) groups excluding carboxylic acids is 1. The van der Waals surface area contributed by atoms with Crippen LogP contribution in [0, 0.1) is 5.92 Å². The fourth-order valence-electron chi connectivity index (χ4n) is 1.62. The highest BCUT2D eigenvalue weighted by Gasteiger charge is 2.21. The number of carbonyl (C=O) groups is 2. The van der Waals surface area contributed by atoms with E-state index < -0.39 is 12.1 Å². The first kappa shape index (κ1) is 11.6. The van der Waals surface area contributed by atoms with Crippen LogP contribution in [-0.2, 0) is 9.53 Å². The molecule has 1 saturated heterocycles. The fourth-order valence-corrected chi connectivity index (χ4v) is 1.62. The van der Waals surface area contributed by atoms with Crippen molar-refractivity contribution in [2.45, 2.75) is 12.8 Å². The number of esters is 1. The van der Waals surface area contributed by atoms with Crippen LogP contribution in [0.3, 0.4) is 0 Å². The summed E-state index contributed by atoms with van der Waals surface area (Å²) in [5.41, 5.74) is 0. The lowest BCUT2D eigenvalue weighted by Gasteiger charge is -2.28. The Morgan fingerprint density at radius 3 is 2.87 bits per heavy atom. The van der Waals surface area contributed by atoms with Gasteiger partial charge in [0.05, 0.1) is 7.11 Å². The van der Waals surface area contributed by atoms with Gasteiger partial charge in [-0.3, -0.25) is 0 Å². The van der Waals surface area contributed by atoms with Crippen molar-refractivity contribution < 1.29 is 19.4 Å². The highest BCUT2D eigenvalue weighted by Crippen LogP contribution is 2.17. The number of hydrogen-bond donors (Lipinski definition) is 1. The molecule has 1 aliphatic rings. The normalized spacial score (nSPS) is 21.7. The van der Waals surface area contributed by atoms with Crippen molar-refractivity contribution in [1.29, 1.82) is 0 Å². The number of piperidine rings is 1. The van der Waals surface area contributed by atoms with Crippen molar-refractivity contribution in [3.63, 3.8) is 0 Å². The van der Waals surface area contributed by atoms with Crippen LogP contribution in [0.5, 0.6) is 0 Å². The van der Waals surface area contributed by atoms with E-state index in [-0.39, 0.29) is 5.92 Å². The van der Waals surface area contributed by atoms with E-state index >= 15 is 0 Å². The molecule has 0 spiro atoms. The molecule has 1 aliphatic heterocycles. The van der Waals surface area contributed by atoms with Gasteiger partial charge in [-0.15, -0.1) is 0 Å². The molecule has 0 aliphatic carbocycles. The summed E-state index contributed by atoms with van der Waals surface area (Å²) in [6, 6.07) is 0. The molecular weight excluding hydrogens is 198 g/mol. The van der Waals surface area contributed by atoms with Gasteiger partial charge in [0.25, 0.3) is 0 Å². The van der Waals surface area contributed by atoms with Gasteiger partial charge in [0.15, 0.2) is 0 Å². The number of hydrogen-bond acceptors (Lipinski definition) is 3. The van der Waals surface area contributed by atoms with Gasteiger partial charge in [-0.1, -0.05) is 6.08 Å². The Balaban J connectivity index is 2.46. The number of carboxylic acid groups (broad SMARTS) is 1. The zero-order valence-electron chi connectivity index (χ0n) is 8.68. The number of likely N-dealkylation sites (tertiary alicyclic amines) is 1. The molecule has 0 unspecified atom stereocenters. The first-order chi connectivity index (χ1) is 7.13. The van der Waals surface area contributed by atoms with Gasteiger partial charge in [0.1, 0.15) is 0 Å². The van der Waals surface area contributed by atoms with Gasteiger partial charge < -0.3 is 14.7 Å². The monoisotopic (exact) mass is 213 g/mol. The zero-order chi connectivity index (χ0) is 11.3. The number of methoxy groups -OCH3 is 1. The van der Waals surface area contributed by atoms with Crippen molar-refractivity contribution in [3.8, 4) is 0 Å². The minimum atomic E-state index is -0.897.